The van der Waals surface area contributed by atoms with Crippen LogP contribution >= 0.6 is 0 Å². The van der Waals surface area contributed by atoms with Gasteiger partial charge in [-0.1, -0.05) is 36.8 Å². The van der Waals surface area contributed by atoms with Gasteiger partial charge in [0.1, 0.15) is 0 Å². The van der Waals surface area contributed by atoms with Crippen molar-refractivity contribution in [3.05, 3.63) is 41.5 Å². The van der Waals surface area contributed by atoms with Crippen molar-refractivity contribution in [3.8, 4) is 0 Å². The Bertz CT molecular complexity index is 399. The van der Waals surface area contributed by atoms with Crippen LogP contribution in [0.15, 0.2) is 30.3 Å². The minimum Gasteiger partial charge on any atom is -0.396 e. The molecule has 0 fully saturated rings. The molecule has 0 saturated carbocycles. The molecule has 3 nitrogen and oxygen atoms in total. The predicted octanol–water partition coefficient (Wildman–Crippen LogP) is 1.75. The summed E-state index contributed by atoms with van der Waals surface area (Å²) >= 11 is 0. The fourth-order valence-corrected chi connectivity index (χ4v) is 1.34. The number of rotatable bonds is 5. The second-order valence-electron chi connectivity index (χ2n) is 4.28. The molecule has 1 unspecified atom stereocenters. The van der Waals surface area contributed by atoms with Crippen LogP contribution in [0.5, 0.6) is 0 Å². The summed E-state index contributed by atoms with van der Waals surface area (Å²) in [6.45, 7) is 4.47. The maximum absolute atomic E-state index is 11.4. The van der Waals surface area contributed by atoms with Gasteiger partial charge in [-0.25, -0.2) is 0 Å². The van der Waals surface area contributed by atoms with Crippen molar-refractivity contribution < 1.29 is 9.90 Å². The minimum atomic E-state index is -0.133. The molecule has 17 heavy (non-hydrogen) atoms. The number of nitrogens with one attached hydrogen (secondary N) is 1. The molecule has 1 aromatic carbocycles. The molecular formula is C14H19NO2. The number of benzene rings is 1. The summed E-state index contributed by atoms with van der Waals surface area (Å²) in [5.41, 5.74) is 2.18. The standard InChI is InChI=1S/C14H19NO2/c1-11-4-3-5-13(8-11)6-7-14(17)15-9-12(2)10-16/h3-8,12,16H,9-10H2,1-2H3,(H,15,17)/b7-6+. The monoisotopic (exact) mass is 233 g/mol. The first-order valence-corrected chi connectivity index (χ1v) is 5.75. The average Bonchev–Trinajstić information content (AvgIpc) is 2.33. The Balaban J connectivity index is 2.45. The fourth-order valence-electron chi connectivity index (χ4n) is 1.34. The Kier molecular flexibility index (Phi) is 5.43. The third kappa shape index (κ3) is 5.31. The van der Waals surface area contributed by atoms with Gasteiger partial charge in [0.05, 0.1) is 0 Å². The molecule has 0 spiro atoms. The Hall–Kier alpha value is -1.61. The molecule has 1 aromatic rings. The van der Waals surface area contributed by atoms with E-state index in [1.807, 2.05) is 38.1 Å². The molecule has 0 aliphatic heterocycles. The summed E-state index contributed by atoms with van der Waals surface area (Å²) in [4.78, 5) is 11.4. The number of hydrogen-bond acceptors (Lipinski definition) is 2. The molecular weight excluding hydrogens is 214 g/mol. The van der Waals surface area contributed by atoms with Crippen molar-refractivity contribution in [2.24, 2.45) is 5.92 Å². The van der Waals surface area contributed by atoms with Crippen molar-refractivity contribution in [1.29, 1.82) is 0 Å². The van der Waals surface area contributed by atoms with Gasteiger partial charge in [-0.3, -0.25) is 4.79 Å². The molecule has 1 atom stereocenters. The Morgan fingerprint density at radius 1 is 1.53 bits per heavy atom. The van der Waals surface area contributed by atoms with Crippen LogP contribution in [0.2, 0.25) is 0 Å². The number of aryl methyl sites for hydroxylation is 1. The molecule has 0 aromatic heterocycles. The van der Waals surface area contributed by atoms with Gasteiger partial charge in [0.2, 0.25) is 5.91 Å². The highest BCUT2D eigenvalue weighted by Crippen LogP contribution is 2.05. The highest BCUT2D eigenvalue weighted by molar-refractivity contribution is 5.91. The second-order valence-corrected chi connectivity index (χ2v) is 4.28. The summed E-state index contributed by atoms with van der Waals surface area (Å²) in [7, 11) is 0. The van der Waals surface area contributed by atoms with E-state index in [1.54, 1.807) is 6.08 Å². The highest BCUT2D eigenvalue weighted by atomic mass is 16.3. The summed E-state index contributed by atoms with van der Waals surface area (Å²) in [5, 5.41) is 11.5. The number of carbonyl (C=O) groups excluding carboxylic acids is 1. The van der Waals surface area contributed by atoms with Crippen LogP contribution < -0.4 is 5.32 Å². The van der Waals surface area contributed by atoms with E-state index in [1.165, 1.54) is 11.6 Å². The van der Waals surface area contributed by atoms with Crippen LogP contribution in [0, 0.1) is 12.8 Å². The number of carbonyl (C=O) groups is 1. The predicted molar refractivity (Wildman–Crippen MR) is 69.5 cm³/mol. The van der Waals surface area contributed by atoms with E-state index >= 15 is 0 Å². The molecule has 0 bridgehead atoms. The van der Waals surface area contributed by atoms with Crippen LogP contribution in [0.25, 0.3) is 6.08 Å². The first kappa shape index (κ1) is 13.5. The van der Waals surface area contributed by atoms with Crippen molar-refractivity contribution in [2.45, 2.75) is 13.8 Å². The number of aliphatic hydroxyl groups is 1. The molecule has 92 valence electrons. The maximum atomic E-state index is 11.4. The third-order valence-electron chi connectivity index (χ3n) is 2.41. The van der Waals surface area contributed by atoms with Crippen molar-refractivity contribution in [1.82, 2.24) is 5.32 Å². The van der Waals surface area contributed by atoms with Crippen LogP contribution in [0.4, 0.5) is 0 Å². The van der Waals surface area contributed by atoms with Gasteiger partial charge in [-0.05, 0) is 24.5 Å². The lowest BCUT2D eigenvalue weighted by Crippen LogP contribution is -2.27. The van der Waals surface area contributed by atoms with E-state index in [0.29, 0.717) is 6.54 Å². The van der Waals surface area contributed by atoms with E-state index in [2.05, 4.69) is 5.32 Å². The van der Waals surface area contributed by atoms with Gasteiger partial charge < -0.3 is 10.4 Å². The fraction of sp³-hybridized carbons (Fsp3) is 0.357. The van der Waals surface area contributed by atoms with Gasteiger partial charge in [-0.2, -0.15) is 0 Å². The van der Waals surface area contributed by atoms with Crippen LogP contribution in [0.3, 0.4) is 0 Å². The zero-order valence-electron chi connectivity index (χ0n) is 10.3. The minimum absolute atomic E-state index is 0.0852. The summed E-state index contributed by atoms with van der Waals surface area (Å²) < 4.78 is 0. The van der Waals surface area contributed by atoms with E-state index in [0.717, 1.165) is 5.56 Å². The lowest BCUT2D eigenvalue weighted by atomic mass is 10.1. The zero-order valence-corrected chi connectivity index (χ0v) is 10.3. The Morgan fingerprint density at radius 3 is 2.94 bits per heavy atom. The topological polar surface area (TPSA) is 49.3 Å². The summed E-state index contributed by atoms with van der Waals surface area (Å²) in [5.74, 6) is -0.0434. The van der Waals surface area contributed by atoms with Crippen LogP contribution in [-0.2, 0) is 4.79 Å². The van der Waals surface area contributed by atoms with Gasteiger partial charge in [0.25, 0.3) is 0 Å². The van der Waals surface area contributed by atoms with Gasteiger partial charge in [0.15, 0.2) is 0 Å². The average molecular weight is 233 g/mol. The third-order valence-corrected chi connectivity index (χ3v) is 2.41. The van der Waals surface area contributed by atoms with E-state index < -0.39 is 0 Å². The second kappa shape index (κ2) is 6.86. The highest BCUT2D eigenvalue weighted by Gasteiger charge is 2.01. The first-order valence-electron chi connectivity index (χ1n) is 5.75. The molecule has 0 saturated heterocycles. The van der Waals surface area contributed by atoms with Crippen molar-refractivity contribution in [3.63, 3.8) is 0 Å². The lowest BCUT2D eigenvalue weighted by molar-refractivity contribution is -0.116. The molecule has 0 aliphatic carbocycles. The summed E-state index contributed by atoms with van der Waals surface area (Å²) in [6.07, 6.45) is 3.30. The molecule has 1 rings (SSSR count). The van der Waals surface area contributed by atoms with Crippen molar-refractivity contribution in [2.75, 3.05) is 13.2 Å². The smallest absolute Gasteiger partial charge is 0.244 e. The van der Waals surface area contributed by atoms with E-state index in [4.69, 9.17) is 5.11 Å². The molecule has 0 radical (unpaired) electrons. The molecule has 1 amide bonds. The number of aliphatic hydroxyl groups excluding tert-OH is 1. The number of hydrogen-bond donors (Lipinski definition) is 2. The SMILES string of the molecule is Cc1cccc(/C=C/C(=O)NCC(C)CO)c1. The molecule has 2 N–H and O–H groups in total. The van der Waals surface area contributed by atoms with Gasteiger partial charge in [0, 0.05) is 19.2 Å². The summed E-state index contributed by atoms with van der Waals surface area (Å²) in [6, 6.07) is 7.94. The molecule has 0 aliphatic rings. The Labute approximate surface area is 102 Å². The largest absolute Gasteiger partial charge is 0.396 e. The quantitative estimate of drug-likeness (QED) is 0.761. The van der Waals surface area contributed by atoms with E-state index in [-0.39, 0.29) is 18.4 Å². The molecule has 3 heteroatoms. The maximum Gasteiger partial charge on any atom is 0.244 e. The van der Waals surface area contributed by atoms with Gasteiger partial charge in [-0.15, -0.1) is 0 Å². The van der Waals surface area contributed by atoms with Crippen molar-refractivity contribution >= 4 is 12.0 Å². The normalized spacial score (nSPS) is 12.6. The van der Waals surface area contributed by atoms with Gasteiger partial charge >= 0.3 is 0 Å². The van der Waals surface area contributed by atoms with E-state index in [9.17, 15) is 4.79 Å². The van der Waals surface area contributed by atoms with Crippen LogP contribution in [0.1, 0.15) is 18.1 Å². The van der Waals surface area contributed by atoms with Crippen LogP contribution in [-0.4, -0.2) is 24.2 Å². The zero-order chi connectivity index (χ0) is 12.7. The molecule has 0 heterocycles. The first-order chi connectivity index (χ1) is 8.11. The number of amides is 1. The Morgan fingerprint density at radius 2 is 2.29 bits per heavy atom. The lowest BCUT2D eigenvalue weighted by Gasteiger charge is -2.07.